The summed E-state index contributed by atoms with van der Waals surface area (Å²) in [6.45, 7) is 0.347. The SMILES string of the molecule is CN1C(=O)c2ccc(NC(=O)/C=C/C3=Cc4cc(Cl)ccc4OC3)cc2C1=O. The topological polar surface area (TPSA) is 75.7 Å². The van der Waals surface area contributed by atoms with Crippen molar-refractivity contribution >= 4 is 41.1 Å². The molecule has 7 heteroatoms. The zero-order chi connectivity index (χ0) is 19.8. The molecule has 3 amide bonds. The molecule has 2 aromatic rings. The van der Waals surface area contributed by atoms with Crippen LogP contribution in [0.25, 0.3) is 6.08 Å². The van der Waals surface area contributed by atoms with Crippen molar-refractivity contribution in [2.75, 3.05) is 19.0 Å². The fourth-order valence-electron chi connectivity index (χ4n) is 3.07. The molecule has 0 aliphatic carbocycles. The zero-order valence-corrected chi connectivity index (χ0v) is 15.6. The lowest BCUT2D eigenvalue weighted by Crippen LogP contribution is -2.24. The Kier molecular flexibility index (Phi) is 4.49. The van der Waals surface area contributed by atoms with Crippen LogP contribution in [-0.2, 0) is 4.79 Å². The quantitative estimate of drug-likeness (QED) is 0.638. The van der Waals surface area contributed by atoms with Crippen LogP contribution >= 0.6 is 11.6 Å². The lowest BCUT2D eigenvalue weighted by Gasteiger charge is -2.16. The van der Waals surface area contributed by atoms with Gasteiger partial charge in [0.25, 0.3) is 11.8 Å². The average molecular weight is 395 g/mol. The maximum atomic E-state index is 12.2. The van der Waals surface area contributed by atoms with E-state index < -0.39 is 0 Å². The van der Waals surface area contributed by atoms with E-state index in [1.54, 1.807) is 30.3 Å². The Bertz CT molecular complexity index is 1090. The lowest BCUT2D eigenvalue weighted by molar-refractivity contribution is -0.111. The normalized spacial score (nSPS) is 15.2. The van der Waals surface area contributed by atoms with Gasteiger partial charge in [-0.2, -0.15) is 0 Å². The molecule has 0 aromatic heterocycles. The number of anilines is 1. The van der Waals surface area contributed by atoms with Gasteiger partial charge < -0.3 is 10.1 Å². The Balaban J connectivity index is 1.47. The van der Waals surface area contributed by atoms with Crippen LogP contribution in [0, 0.1) is 0 Å². The first-order valence-corrected chi connectivity index (χ1v) is 8.88. The Hall–Kier alpha value is -3.38. The minimum atomic E-state index is -0.381. The van der Waals surface area contributed by atoms with Gasteiger partial charge in [0.15, 0.2) is 0 Å². The second kappa shape index (κ2) is 6.98. The van der Waals surface area contributed by atoms with Crippen LogP contribution in [0.1, 0.15) is 26.3 Å². The van der Waals surface area contributed by atoms with E-state index in [9.17, 15) is 14.4 Å². The third-order valence-corrected chi connectivity index (χ3v) is 4.75. The van der Waals surface area contributed by atoms with Gasteiger partial charge in [-0.05, 0) is 48.0 Å². The first kappa shape index (κ1) is 18.0. The van der Waals surface area contributed by atoms with E-state index in [-0.39, 0.29) is 23.3 Å². The minimum absolute atomic E-state index is 0.283. The molecule has 2 aliphatic rings. The third kappa shape index (κ3) is 3.30. The van der Waals surface area contributed by atoms with Crippen molar-refractivity contribution in [3.63, 3.8) is 0 Å². The number of halogens is 1. The Labute approximate surface area is 166 Å². The molecule has 0 spiro atoms. The Morgan fingerprint density at radius 2 is 1.93 bits per heavy atom. The number of nitrogens with zero attached hydrogens (tertiary/aromatic N) is 1. The number of nitrogens with one attached hydrogen (secondary N) is 1. The van der Waals surface area contributed by atoms with Gasteiger partial charge in [-0.15, -0.1) is 0 Å². The Morgan fingerprint density at radius 1 is 1.14 bits per heavy atom. The summed E-state index contributed by atoms with van der Waals surface area (Å²) in [6.07, 6.45) is 4.95. The lowest BCUT2D eigenvalue weighted by atomic mass is 10.1. The number of amides is 3. The Morgan fingerprint density at radius 3 is 2.75 bits per heavy atom. The van der Waals surface area contributed by atoms with Crippen molar-refractivity contribution in [3.8, 4) is 5.75 Å². The summed E-state index contributed by atoms with van der Waals surface area (Å²) in [7, 11) is 1.43. The molecule has 2 heterocycles. The molecule has 6 nitrogen and oxygen atoms in total. The fraction of sp³-hybridized carbons (Fsp3) is 0.0952. The molecule has 28 heavy (non-hydrogen) atoms. The van der Waals surface area contributed by atoms with Gasteiger partial charge in [-0.25, -0.2) is 0 Å². The molecule has 140 valence electrons. The first-order chi connectivity index (χ1) is 13.4. The number of carbonyl (C=O) groups is 3. The van der Waals surface area contributed by atoms with Gasteiger partial charge in [0.05, 0.1) is 11.1 Å². The number of imide groups is 1. The monoisotopic (exact) mass is 394 g/mol. The number of benzene rings is 2. The predicted molar refractivity (Wildman–Crippen MR) is 106 cm³/mol. The van der Waals surface area contributed by atoms with Crippen LogP contribution < -0.4 is 10.1 Å². The van der Waals surface area contributed by atoms with Gasteiger partial charge in [0.2, 0.25) is 5.91 Å². The molecular weight excluding hydrogens is 380 g/mol. The van der Waals surface area contributed by atoms with Gasteiger partial charge in [-0.1, -0.05) is 17.7 Å². The standard InChI is InChI=1S/C21H15ClN2O4/c1-24-20(26)16-5-4-15(10-17(16)21(24)27)23-19(25)7-2-12-8-13-9-14(22)3-6-18(13)28-11-12/h2-10H,11H2,1H3,(H,23,25)/b7-2+. The van der Waals surface area contributed by atoms with E-state index in [0.29, 0.717) is 22.9 Å². The molecule has 0 saturated heterocycles. The second-order valence-corrected chi connectivity index (χ2v) is 6.88. The van der Waals surface area contributed by atoms with Crippen molar-refractivity contribution in [1.82, 2.24) is 4.90 Å². The summed E-state index contributed by atoms with van der Waals surface area (Å²) < 4.78 is 5.64. The molecule has 0 saturated carbocycles. The summed E-state index contributed by atoms with van der Waals surface area (Å²) in [6, 6.07) is 10.00. The van der Waals surface area contributed by atoms with Crippen LogP contribution in [0.3, 0.4) is 0 Å². The number of ether oxygens (including phenoxy) is 1. The number of hydrogen-bond donors (Lipinski definition) is 1. The van der Waals surface area contributed by atoms with Crippen LogP contribution in [0.5, 0.6) is 5.75 Å². The van der Waals surface area contributed by atoms with Crippen molar-refractivity contribution < 1.29 is 19.1 Å². The van der Waals surface area contributed by atoms with Crippen molar-refractivity contribution in [2.24, 2.45) is 0 Å². The van der Waals surface area contributed by atoms with E-state index in [1.807, 2.05) is 6.08 Å². The molecule has 1 N–H and O–H groups in total. The molecule has 0 radical (unpaired) electrons. The maximum Gasteiger partial charge on any atom is 0.261 e. The molecule has 0 atom stereocenters. The van der Waals surface area contributed by atoms with E-state index in [2.05, 4.69) is 5.32 Å². The molecule has 0 bridgehead atoms. The van der Waals surface area contributed by atoms with Gasteiger partial charge in [0.1, 0.15) is 12.4 Å². The van der Waals surface area contributed by atoms with Crippen LogP contribution in [0.15, 0.2) is 54.1 Å². The number of fused-ring (bicyclic) bond motifs is 2. The minimum Gasteiger partial charge on any atom is -0.488 e. The summed E-state index contributed by atoms with van der Waals surface area (Å²) in [5.74, 6) is -0.341. The largest absolute Gasteiger partial charge is 0.488 e. The number of carbonyl (C=O) groups excluding carboxylic acids is 3. The molecule has 2 aromatic carbocycles. The molecule has 4 rings (SSSR count). The summed E-state index contributed by atoms with van der Waals surface area (Å²) in [5, 5.41) is 3.30. The van der Waals surface area contributed by atoms with E-state index in [1.165, 1.54) is 25.3 Å². The zero-order valence-electron chi connectivity index (χ0n) is 14.9. The first-order valence-electron chi connectivity index (χ1n) is 8.51. The van der Waals surface area contributed by atoms with Crippen molar-refractivity contribution in [3.05, 3.63) is 75.8 Å². The van der Waals surface area contributed by atoms with Gasteiger partial charge >= 0.3 is 0 Å². The van der Waals surface area contributed by atoms with E-state index in [0.717, 1.165) is 21.8 Å². The van der Waals surface area contributed by atoms with Crippen LogP contribution in [0.4, 0.5) is 5.69 Å². The predicted octanol–water partition coefficient (Wildman–Crippen LogP) is 3.54. The summed E-state index contributed by atoms with van der Waals surface area (Å²) in [5.41, 5.74) is 2.73. The molecule has 2 aliphatic heterocycles. The highest BCUT2D eigenvalue weighted by Gasteiger charge is 2.32. The summed E-state index contributed by atoms with van der Waals surface area (Å²) >= 11 is 6.00. The molecule has 0 fully saturated rings. The second-order valence-electron chi connectivity index (χ2n) is 6.44. The molecular formula is C21H15ClN2O4. The molecule has 0 unspecified atom stereocenters. The highest BCUT2D eigenvalue weighted by Crippen LogP contribution is 2.29. The third-order valence-electron chi connectivity index (χ3n) is 4.51. The smallest absolute Gasteiger partial charge is 0.261 e. The fourth-order valence-corrected chi connectivity index (χ4v) is 3.25. The van der Waals surface area contributed by atoms with Crippen LogP contribution in [-0.4, -0.2) is 36.3 Å². The maximum absolute atomic E-state index is 12.2. The van der Waals surface area contributed by atoms with Gasteiger partial charge in [0, 0.05) is 29.4 Å². The van der Waals surface area contributed by atoms with Crippen molar-refractivity contribution in [2.45, 2.75) is 0 Å². The summed E-state index contributed by atoms with van der Waals surface area (Å²) in [4.78, 5) is 37.2. The van der Waals surface area contributed by atoms with Crippen LogP contribution in [0.2, 0.25) is 5.02 Å². The number of rotatable bonds is 3. The van der Waals surface area contributed by atoms with Crippen molar-refractivity contribution in [1.29, 1.82) is 0 Å². The van der Waals surface area contributed by atoms with E-state index in [4.69, 9.17) is 16.3 Å². The average Bonchev–Trinajstić information content (AvgIpc) is 2.90. The number of hydrogen-bond acceptors (Lipinski definition) is 4. The highest BCUT2D eigenvalue weighted by molar-refractivity contribution is 6.30. The van der Waals surface area contributed by atoms with Gasteiger partial charge in [-0.3, -0.25) is 19.3 Å². The van der Waals surface area contributed by atoms with E-state index >= 15 is 0 Å². The highest BCUT2D eigenvalue weighted by atomic mass is 35.5.